The van der Waals surface area contributed by atoms with Gasteiger partial charge in [-0.1, -0.05) is 232 Å². The second-order valence-corrected chi connectivity index (χ2v) is 18.3. The Morgan fingerprint density at radius 3 is 1.23 bits per heavy atom. The molecule has 0 atom stereocenters. The van der Waals surface area contributed by atoms with Crippen LogP contribution < -0.4 is 0 Å². The van der Waals surface area contributed by atoms with Gasteiger partial charge in [0.2, 0.25) is 0 Å². The quantitative estimate of drug-likeness (QED) is 0.166. The Hall–Kier alpha value is -7.80. The minimum atomic E-state index is -0.548. The Labute approximate surface area is 374 Å². The average Bonchev–Trinajstić information content (AvgIpc) is 3.65. The zero-order valence-electron chi connectivity index (χ0n) is 35.9. The van der Waals surface area contributed by atoms with Crippen molar-refractivity contribution in [3.05, 3.63) is 264 Å². The van der Waals surface area contributed by atoms with Crippen LogP contribution in [0.2, 0.25) is 0 Å². The lowest BCUT2D eigenvalue weighted by Crippen LogP contribution is -2.40. The first-order valence-corrected chi connectivity index (χ1v) is 22.6. The molecular weight excluding hydrogens is 769 g/mol. The Morgan fingerprint density at radius 2 is 0.672 bits per heavy atom. The van der Waals surface area contributed by atoms with Crippen molar-refractivity contribution in [2.75, 3.05) is 0 Å². The van der Waals surface area contributed by atoms with Crippen LogP contribution in [-0.4, -0.2) is 0 Å². The maximum atomic E-state index is 2.56. The van der Waals surface area contributed by atoms with Crippen LogP contribution in [0, 0.1) is 0 Å². The fourth-order valence-corrected chi connectivity index (χ4v) is 11.8. The summed E-state index contributed by atoms with van der Waals surface area (Å²) in [6, 6.07) is 86.7. The standard InChI is InChI=1S/C64H44/c1-63(2)56-25-9-11-27-58(56)64(59-28-12-10-26-57(59)63)60-39-47(41-29-31-44(32-30-41)50-23-13-17-42-15-3-5-19-48(42)50)37-38-54(60)62-53-22-8-7-21-52(53)55(40-61(62)64)46-35-33-45(34-36-46)51-24-14-18-43-16-4-6-20-49(43)51/h3-40H,1-2H3. The summed E-state index contributed by atoms with van der Waals surface area (Å²) in [6.07, 6.45) is 0. The van der Waals surface area contributed by atoms with E-state index in [-0.39, 0.29) is 5.41 Å². The number of rotatable bonds is 4. The third-order valence-corrected chi connectivity index (χ3v) is 14.8. The summed E-state index contributed by atoms with van der Waals surface area (Å²) < 4.78 is 0. The van der Waals surface area contributed by atoms with E-state index in [1.807, 2.05) is 0 Å². The van der Waals surface area contributed by atoms with Crippen molar-refractivity contribution in [2.45, 2.75) is 24.7 Å². The SMILES string of the molecule is CC1(C)c2ccccc2C2(c3cc(-c4ccc(-c5cccc6ccccc56)cc4)ccc3-c3c2cc(-c2ccc(-c4cccc5ccccc45)cc2)c2ccccc32)c2ccccc21. The largest absolute Gasteiger partial charge is 0.0720 e. The van der Waals surface area contributed by atoms with E-state index in [4.69, 9.17) is 0 Å². The van der Waals surface area contributed by atoms with Crippen molar-refractivity contribution in [1.82, 2.24) is 0 Å². The van der Waals surface area contributed by atoms with Crippen molar-refractivity contribution < 1.29 is 0 Å². The number of hydrogen-bond donors (Lipinski definition) is 0. The Balaban J connectivity index is 1.05. The van der Waals surface area contributed by atoms with Gasteiger partial charge in [0.15, 0.2) is 0 Å². The van der Waals surface area contributed by atoms with Gasteiger partial charge in [0.1, 0.15) is 0 Å². The van der Waals surface area contributed by atoms with E-state index in [9.17, 15) is 0 Å². The molecule has 11 aromatic carbocycles. The van der Waals surface area contributed by atoms with E-state index < -0.39 is 5.41 Å². The van der Waals surface area contributed by atoms with Crippen molar-refractivity contribution in [1.29, 1.82) is 0 Å². The fraction of sp³-hybridized carbons (Fsp3) is 0.0625. The van der Waals surface area contributed by atoms with E-state index in [2.05, 4.69) is 244 Å². The monoisotopic (exact) mass is 812 g/mol. The maximum Gasteiger partial charge on any atom is 0.0720 e. The molecule has 1 spiro atoms. The van der Waals surface area contributed by atoms with E-state index in [1.165, 1.54) is 121 Å². The summed E-state index contributed by atoms with van der Waals surface area (Å²) in [5.74, 6) is 0. The molecule has 0 amide bonds. The Morgan fingerprint density at radius 1 is 0.250 bits per heavy atom. The summed E-state index contributed by atoms with van der Waals surface area (Å²) in [5, 5.41) is 7.64. The molecule has 0 aliphatic heterocycles. The second-order valence-electron chi connectivity index (χ2n) is 18.3. The van der Waals surface area contributed by atoms with Crippen LogP contribution in [0.1, 0.15) is 47.2 Å². The molecule has 0 heterocycles. The average molecular weight is 813 g/mol. The molecule has 0 N–H and O–H groups in total. The van der Waals surface area contributed by atoms with Gasteiger partial charge in [-0.2, -0.15) is 0 Å². The minimum Gasteiger partial charge on any atom is -0.0619 e. The molecule has 0 bridgehead atoms. The van der Waals surface area contributed by atoms with E-state index >= 15 is 0 Å². The van der Waals surface area contributed by atoms with Gasteiger partial charge in [0.05, 0.1) is 5.41 Å². The second kappa shape index (κ2) is 13.9. The van der Waals surface area contributed by atoms with Gasteiger partial charge in [-0.25, -0.2) is 0 Å². The van der Waals surface area contributed by atoms with Gasteiger partial charge in [-0.15, -0.1) is 0 Å². The van der Waals surface area contributed by atoms with Crippen LogP contribution in [0.15, 0.2) is 231 Å². The lowest BCUT2D eigenvalue weighted by Gasteiger charge is -2.46. The normalized spacial score (nSPS) is 14.0. The molecule has 0 radical (unpaired) electrons. The maximum absolute atomic E-state index is 2.56. The van der Waals surface area contributed by atoms with Gasteiger partial charge in [0, 0.05) is 5.41 Å². The highest BCUT2D eigenvalue weighted by Gasteiger charge is 2.54. The molecule has 0 saturated carbocycles. The van der Waals surface area contributed by atoms with Gasteiger partial charge >= 0.3 is 0 Å². The molecule has 64 heavy (non-hydrogen) atoms. The molecule has 0 heteroatoms. The Bertz CT molecular complexity index is 3620. The summed E-state index contributed by atoms with van der Waals surface area (Å²) >= 11 is 0. The van der Waals surface area contributed by atoms with Crippen LogP contribution in [0.5, 0.6) is 0 Å². The predicted molar refractivity (Wildman–Crippen MR) is 270 cm³/mol. The summed E-state index contributed by atoms with van der Waals surface area (Å²) in [5.41, 5.74) is 20.0. The molecule has 300 valence electrons. The van der Waals surface area contributed by atoms with Gasteiger partial charge in [-0.3, -0.25) is 0 Å². The first-order valence-electron chi connectivity index (χ1n) is 22.6. The topological polar surface area (TPSA) is 0 Å². The lowest BCUT2D eigenvalue weighted by molar-refractivity contribution is 0.563. The summed E-state index contributed by atoms with van der Waals surface area (Å²) in [6.45, 7) is 4.82. The van der Waals surface area contributed by atoms with Crippen molar-refractivity contribution in [2.24, 2.45) is 0 Å². The van der Waals surface area contributed by atoms with Gasteiger partial charge in [-0.05, 0) is 133 Å². The zero-order valence-corrected chi connectivity index (χ0v) is 35.9. The van der Waals surface area contributed by atoms with E-state index in [0.29, 0.717) is 0 Å². The molecule has 0 fully saturated rings. The van der Waals surface area contributed by atoms with Crippen LogP contribution >= 0.6 is 0 Å². The minimum absolute atomic E-state index is 0.187. The lowest BCUT2D eigenvalue weighted by atomic mass is 9.55. The molecule has 11 aromatic rings. The molecule has 13 rings (SSSR count). The first-order chi connectivity index (χ1) is 31.5. The van der Waals surface area contributed by atoms with Gasteiger partial charge < -0.3 is 0 Å². The number of fused-ring (bicyclic) bond motifs is 13. The number of hydrogen-bond acceptors (Lipinski definition) is 0. The van der Waals surface area contributed by atoms with Gasteiger partial charge in [0.25, 0.3) is 0 Å². The zero-order chi connectivity index (χ0) is 42.6. The first kappa shape index (κ1) is 36.8. The highest BCUT2D eigenvalue weighted by atomic mass is 14.5. The van der Waals surface area contributed by atoms with Crippen LogP contribution in [0.25, 0.3) is 88.0 Å². The van der Waals surface area contributed by atoms with Crippen molar-refractivity contribution >= 4 is 32.3 Å². The number of benzene rings is 11. The summed E-state index contributed by atoms with van der Waals surface area (Å²) in [4.78, 5) is 0. The highest BCUT2D eigenvalue weighted by molar-refractivity contribution is 6.11. The van der Waals surface area contributed by atoms with Crippen molar-refractivity contribution in [3.63, 3.8) is 0 Å². The fourth-order valence-electron chi connectivity index (χ4n) is 11.8. The molecule has 0 saturated heterocycles. The van der Waals surface area contributed by atoms with E-state index in [0.717, 1.165) is 0 Å². The molecule has 0 aromatic heterocycles. The summed E-state index contributed by atoms with van der Waals surface area (Å²) in [7, 11) is 0. The molecular formula is C64H44. The predicted octanol–water partition coefficient (Wildman–Crippen LogP) is 16.8. The Kier molecular flexibility index (Phi) is 7.97. The van der Waals surface area contributed by atoms with E-state index in [1.54, 1.807) is 0 Å². The smallest absolute Gasteiger partial charge is 0.0619 e. The molecule has 2 aliphatic carbocycles. The van der Waals surface area contributed by atoms with Crippen molar-refractivity contribution in [3.8, 4) is 55.6 Å². The molecule has 0 unspecified atom stereocenters. The molecule has 0 nitrogen and oxygen atoms in total. The third kappa shape index (κ3) is 5.17. The molecule has 2 aliphatic rings. The van der Waals surface area contributed by atoms with Crippen LogP contribution in [-0.2, 0) is 10.8 Å². The highest BCUT2D eigenvalue weighted by Crippen LogP contribution is 2.64. The van der Waals surface area contributed by atoms with Crippen LogP contribution in [0.3, 0.4) is 0 Å². The van der Waals surface area contributed by atoms with Crippen LogP contribution in [0.4, 0.5) is 0 Å². The third-order valence-electron chi connectivity index (χ3n) is 14.8.